The van der Waals surface area contributed by atoms with Crippen LogP contribution in [0.15, 0.2) is 84.0 Å². The van der Waals surface area contributed by atoms with Crippen molar-refractivity contribution in [2.45, 2.75) is 27.3 Å². The third-order valence-electron chi connectivity index (χ3n) is 5.17. The number of hydrogen-bond donors (Lipinski definition) is 0. The van der Waals surface area contributed by atoms with Gasteiger partial charge < -0.3 is 4.57 Å². The summed E-state index contributed by atoms with van der Waals surface area (Å²) in [5, 5.41) is 5.06. The molecule has 134 valence electrons. The highest BCUT2D eigenvalue weighted by atomic mass is 15.0. The molecule has 0 atom stereocenters. The maximum atomic E-state index is 4.65. The second kappa shape index (κ2) is 6.55. The molecule has 0 saturated heterocycles. The molecule has 0 bridgehead atoms. The topological polar surface area (TPSA) is 17.3 Å². The molecule has 3 aromatic carbocycles. The molecule has 0 spiro atoms. The highest BCUT2D eigenvalue weighted by Crippen LogP contribution is 2.33. The SMILES string of the molecule is C=C(Cn1c2cc(C)ccc2c2cc3ccccc3cc21)N=C(C)C(=C)C. The van der Waals surface area contributed by atoms with Gasteiger partial charge in [0.1, 0.15) is 0 Å². The highest BCUT2D eigenvalue weighted by molar-refractivity contribution is 6.12. The number of allylic oxidation sites excluding steroid dienone is 2. The van der Waals surface area contributed by atoms with Crippen LogP contribution in [0.5, 0.6) is 0 Å². The van der Waals surface area contributed by atoms with Crippen molar-refractivity contribution >= 4 is 38.3 Å². The molecule has 0 fully saturated rings. The normalized spacial score (nSPS) is 12.2. The Balaban J connectivity index is 1.97. The van der Waals surface area contributed by atoms with Gasteiger partial charge in [0.05, 0.1) is 17.8 Å². The van der Waals surface area contributed by atoms with Crippen LogP contribution in [0.3, 0.4) is 0 Å². The van der Waals surface area contributed by atoms with E-state index in [1.165, 1.54) is 38.1 Å². The molecule has 0 N–H and O–H groups in total. The van der Waals surface area contributed by atoms with Crippen molar-refractivity contribution in [1.29, 1.82) is 0 Å². The quantitative estimate of drug-likeness (QED) is 0.359. The lowest BCUT2D eigenvalue weighted by molar-refractivity contribution is 0.842. The van der Waals surface area contributed by atoms with Crippen molar-refractivity contribution in [3.63, 3.8) is 0 Å². The van der Waals surface area contributed by atoms with Crippen LogP contribution in [0.4, 0.5) is 0 Å². The Bertz CT molecular complexity index is 1250. The summed E-state index contributed by atoms with van der Waals surface area (Å²) < 4.78 is 2.33. The summed E-state index contributed by atoms with van der Waals surface area (Å²) in [4.78, 5) is 4.65. The fourth-order valence-corrected chi connectivity index (χ4v) is 3.61. The fraction of sp³-hybridized carbons (Fsp3) is 0.160. The van der Waals surface area contributed by atoms with E-state index in [-0.39, 0.29) is 0 Å². The molecular weight excluding hydrogens is 328 g/mol. The lowest BCUT2D eigenvalue weighted by atomic mass is 10.1. The molecule has 2 heteroatoms. The molecule has 0 aliphatic carbocycles. The van der Waals surface area contributed by atoms with Crippen LogP contribution >= 0.6 is 0 Å². The first-order valence-corrected chi connectivity index (χ1v) is 9.24. The van der Waals surface area contributed by atoms with E-state index in [1.54, 1.807) is 0 Å². The van der Waals surface area contributed by atoms with Crippen molar-refractivity contribution in [3.8, 4) is 0 Å². The van der Waals surface area contributed by atoms with Crippen LogP contribution in [0.2, 0.25) is 0 Å². The van der Waals surface area contributed by atoms with E-state index < -0.39 is 0 Å². The Labute approximate surface area is 160 Å². The van der Waals surface area contributed by atoms with Crippen LogP contribution in [-0.2, 0) is 6.54 Å². The molecule has 0 unspecified atom stereocenters. The van der Waals surface area contributed by atoms with Crippen molar-refractivity contribution in [3.05, 3.63) is 84.6 Å². The summed E-state index contributed by atoms with van der Waals surface area (Å²) in [6.07, 6.45) is 0. The standard InChI is InChI=1S/C25H24N2/c1-16(2)19(5)26-18(4)15-27-24-12-17(3)10-11-22(24)23-13-20-8-6-7-9-21(20)14-25(23)27/h6-14H,1,4,15H2,2-3,5H3. The van der Waals surface area contributed by atoms with Gasteiger partial charge in [0.15, 0.2) is 0 Å². The van der Waals surface area contributed by atoms with Crippen LogP contribution in [0.1, 0.15) is 19.4 Å². The predicted molar refractivity (Wildman–Crippen MR) is 119 cm³/mol. The average Bonchev–Trinajstić information content (AvgIpc) is 2.92. The molecule has 0 aliphatic heterocycles. The van der Waals surface area contributed by atoms with Crippen molar-refractivity contribution in [1.82, 2.24) is 4.57 Å². The maximum absolute atomic E-state index is 4.65. The van der Waals surface area contributed by atoms with Gasteiger partial charge in [-0.2, -0.15) is 0 Å². The zero-order chi connectivity index (χ0) is 19.1. The van der Waals surface area contributed by atoms with Gasteiger partial charge in [-0.1, -0.05) is 49.6 Å². The van der Waals surface area contributed by atoms with Gasteiger partial charge in [-0.3, -0.25) is 4.99 Å². The molecule has 0 saturated carbocycles. The second-order valence-corrected chi connectivity index (χ2v) is 7.37. The fourth-order valence-electron chi connectivity index (χ4n) is 3.61. The maximum Gasteiger partial charge on any atom is 0.0648 e. The lowest BCUT2D eigenvalue weighted by Crippen LogP contribution is -2.01. The van der Waals surface area contributed by atoms with Gasteiger partial charge in [-0.05, 0) is 60.9 Å². The molecule has 1 heterocycles. The highest BCUT2D eigenvalue weighted by Gasteiger charge is 2.13. The van der Waals surface area contributed by atoms with E-state index in [0.717, 1.165) is 17.0 Å². The van der Waals surface area contributed by atoms with E-state index in [0.29, 0.717) is 6.54 Å². The van der Waals surface area contributed by atoms with Crippen molar-refractivity contribution in [2.24, 2.45) is 4.99 Å². The molecule has 1 aromatic heterocycles. The summed E-state index contributed by atoms with van der Waals surface area (Å²) >= 11 is 0. The Morgan fingerprint density at radius 3 is 2.26 bits per heavy atom. The smallest absolute Gasteiger partial charge is 0.0648 e. The third kappa shape index (κ3) is 3.08. The Morgan fingerprint density at radius 1 is 0.889 bits per heavy atom. The zero-order valence-corrected chi connectivity index (χ0v) is 16.2. The minimum Gasteiger partial charge on any atom is -0.334 e. The zero-order valence-electron chi connectivity index (χ0n) is 16.2. The second-order valence-electron chi connectivity index (χ2n) is 7.37. The first kappa shape index (κ1) is 17.3. The van der Waals surface area contributed by atoms with Crippen LogP contribution in [0, 0.1) is 6.92 Å². The van der Waals surface area contributed by atoms with Crippen molar-refractivity contribution in [2.75, 3.05) is 0 Å². The largest absolute Gasteiger partial charge is 0.334 e. The summed E-state index contributed by atoms with van der Waals surface area (Å²) in [7, 11) is 0. The minimum atomic E-state index is 0.659. The van der Waals surface area contributed by atoms with E-state index in [9.17, 15) is 0 Å². The Kier molecular flexibility index (Phi) is 4.19. The number of rotatable bonds is 4. The lowest BCUT2D eigenvalue weighted by Gasteiger charge is -2.09. The molecule has 27 heavy (non-hydrogen) atoms. The van der Waals surface area contributed by atoms with Gasteiger partial charge in [0.2, 0.25) is 0 Å². The molecule has 0 amide bonds. The Morgan fingerprint density at radius 2 is 1.56 bits per heavy atom. The summed E-state index contributed by atoms with van der Waals surface area (Å²) in [6.45, 7) is 14.9. The summed E-state index contributed by atoms with van der Waals surface area (Å²) in [6, 6.07) is 19.8. The third-order valence-corrected chi connectivity index (χ3v) is 5.17. The number of fused-ring (bicyclic) bond motifs is 4. The monoisotopic (exact) mass is 352 g/mol. The molecule has 0 aliphatic rings. The average molecular weight is 352 g/mol. The van der Waals surface area contributed by atoms with E-state index >= 15 is 0 Å². The molecule has 4 aromatic rings. The number of hydrogen-bond acceptors (Lipinski definition) is 1. The Hall–Kier alpha value is -3.13. The van der Waals surface area contributed by atoms with Crippen LogP contribution < -0.4 is 0 Å². The van der Waals surface area contributed by atoms with E-state index in [2.05, 4.69) is 84.2 Å². The number of benzene rings is 3. The van der Waals surface area contributed by atoms with Gasteiger partial charge in [-0.25, -0.2) is 0 Å². The van der Waals surface area contributed by atoms with Gasteiger partial charge in [-0.15, -0.1) is 0 Å². The first-order valence-electron chi connectivity index (χ1n) is 9.24. The predicted octanol–water partition coefficient (Wildman–Crippen LogP) is 6.81. The van der Waals surface area contributed by atoms with Gasteiger partial charge in [0.25, 0.3) is 0 Å². The number of nitrogens with zero attached hydrogens (tertiary/aromatic N) is 2. The summed E-state index contributed by atoms with van der Waals surface area (Å²) in [5.41, 5.74) is 6.44. The number of aromatic nitrogens is 1. The number of aliphatic imine (C=N–C) groups is 1. The van der Waals surface area contributed by atoms with Crippen molar-refractivity contribution < 1.29 is 0 Å². The van der Waals surface area contributed by atoms with Gasteiger partial charge in [0, 0.05) is 22.0 Å². The first-order chi connectivity index (χ1) is 12.9. The van der Waals surface area contributed by atoms with E-state index in [4.69, 9.17) is 0 Å². The molecule has 0 radical (unpaired) electrons. The molecule has 4 rings (SSSR count). The summed E-state index contributed by atoms with van der Waals surface area (Å²) in [5.74, 6) is 0. The number of aryl methyl sites for hydroxylation is 1. The molecular formula is C25H24N2. The molecule has 2 nitrogen and oxygen atoms in total. The van der Waals surface area contributed by atoms with Gasteiger partial charge >= 0.3 is 0 Å². The van der Waals surface area contributed by atoms with Crippen LogP contribution in [0.25, 0.3) is 32.6 Å². The van der Waals surface area contributed by atoms with Crippen LogP contribution in [-0.4, -0.2) is 10.3 Å². The van der Waals surface area contributed by atoms with E-state index in [1.807, 2.05) is 13.8 Å². The minimum absolute atomic E-state index is 0.659.